The largest absolute Gasteiger partial charge is 0.417 e. The quantitative estimate of drug-likeness (QED) is 0.911. The number of oxazole rings is 1. The molecule has 5 heteroatoms. The highest BCUT2D eigenvalue weighted by atomic mass is 16.4. The molecule has 1 aromatic heterocycles. The van der Waals surface area contributed by atoms with Gasteiger partial charge in [-0.05, 0) is 36.5 Å². The third kappa shape index (κ3) is 2.93. The van der Waals surface area contributed by atoms with Crippen LogP contribution in [-0.4, -0.2) is 10.9 Å². The molecule has 0 aliphatic heterocycles. The maximum Gasteiger partial charge on any atom is 0.417 e. The Kier molecular flexibility index (Phi) is 4.05. The summed E-state index contributed by atoms with van der Waals surface area (Å²) in [6, 6.07) is 5.53. The molecule has 1 aliphatic carbocycles. The third-order valence-corrected chi connectivity index (χ3v) is 4.49. The average molecular weight is 302 g/mol. The third-order valence-electron chi connectivity index (χ3n) is 4.49. The molecule has 0 bridgehead atoms. The van der Waals surface area contributed by atoms with Crippen molar-refractivity contribution in [2.24, 2.45) is 11.8 Å². The number of carbonyl (C=O) groups is 1. The first-order chi connectivity index (χ1) is 10.5. The SMILES string of the molecule is CC(C)C(NC(=O)C1CCCC1)c1ccc2[nH]c(=O)oc2c1. The highest BCUT2D eigenvalue weighted by molar-refractivity contribution is 5.80. The van der Waals surface area contributed by atoms with E-state index < -0.39 is 5.76 Å². The fourth-order valence-electron chi connectivity index (χ4n) is 3.25. The molecule has 2 aromatic rings. The molecular formula is C17H22N2O3. The minimum atomic E-state index is -0.455. The van der Waals surface area contributed by atoms with Crippen LogP contribution in [0.3, 0.4) is 0 Å². The zero-order chi connectivity index (χ0) is 15.7. The Labute approximate surface area is 129 Å². The van der Waals surface area contributed by atoms with Crippen molar-refractivity contribution in [2.75, 3.05) is 0 Å². The van der Waals surface area contributed by atoms with E-state index in [9.17, 15) is 9.59 Å². The number of benzene rings is 1. The Bertz CT molecular complexity index is 723. The van der Waals surface area contributed by atoms with Gasteiger partial charge in [0.25, 0.3) is 0 Å². The number of aromatic nitrogens is 1. The molecule has 22 heavy (non-hydrogen) atoms. The lowest BCUT2D eigenvalue weighted by atomic mass is 9.94. The molecule has 1 fully saturated rings. The van der Waals surface area contributed by atoms with Gasteiger partial charge in [-0.15, -0.1) is 0 Å². The van der Waals surface area contributed by atoms with Crippen molar-refractivity contribution in [2.45, 2.75) is 45.6 Å². The Balaban J connectivity index is 1.85. The van der Waals surface area contributed by atoms with Gasteiger partial charge in [0, 0.05) is 5.92 Å². The molecule has 1 aliphatic rings. The monoisotopic (exact) mass is 302 g/mol. The van der Waals surface area contributed by atoms with E-state index in [-0.39, 0.29) is 23.8 Å². The van der Waals surface area contributed by atoms with Gasteiger partial charge >= 0.3 is 5.76 Å². The summed E-state index contributed by atoms with van der Waals surface area (Å²) in [5.74, 6) is 0.0960. The van der Waals surface area contributed by atoms with Gasteiger partial charge in [0.1, 0.15) is 0 Å². The van der Waals surface area contributed by atoms with Gasteiger partial charge in [0.05, 0.1) is 11.6 Å². The molecule has 1 saturated carbocycles. The highest BCUT2D eigenvalue weighted by Gasteiger charge is 2.26. The molecule has 1 atom stereocenters. The minimum Gasteiger partial charge on any atom is -0.408 e. The lowest BCUT2D eigenvalue weighted by Gasteiger charge is -2.24. The van der Waals surface area contributed by atoms with Crippen molar-refractivity contribution < 1.29 is 9.21 Å². The Hall–Kier alpha value is -2.04. The normalized spacial score (nSPS) is 17.2. The molecule has 2 N–H and O–H groups in total. The Morgan fingerprint density at radius 1 is 1.32 bits per heavy atom. The predicted molar refractivity (Wildman–Crippen MR) is 84.5 cm³/mol. The maximum atomic E-state index is 12.4. The van der Waals surface area contributed by atoms with Gasteiger partial charge in [-0.1, -0.05) is 32.8 Å². The highest BCUT2D eigenvalue weighted by Crippen LogP contribution is 2.28. The van der Waals surface area contributed by atoms with E-state index in [2.05, 4.69) is 24.1 Å². The summed E-state index contributed by atoms with van der Waals surface area (Å²) in [6.45, 7) is 4.16. The maximum absolute atomic E-state index is 12.4. The fraction of sp³-hybridized carbons (Fsp3) is 0.529. The molecule has 5 nitrogen and oxygen atoms in total. The molecule has 1 aromatic carbocycles. The average Bonchev–Trinajstić information content (AvgIpc) is 3.11. The number of amides is 1. The summed E-state index contributed by atoms with van der Waals surface area (Å²) >= 11 is 0. The lowest BCUT2D eigenvalue weighted by molar-refractivity contribution is -0.125. The smallest absolute Gasteiger partial charge is 0.408 e. The van der Waals surface area contributed by atoms with Crippen molar-refractivity contribution >= 4 is 17.0 Å². The van der Waals surface area contributed by atoms with Gasteiger partial charge in [0.15, 0.2) is 5.58 Å². The van der Waals surface area contributed by atoms with Crippen LogP contribution >= 0.6 is 0 Å². The Morgan fingerprint density at radius 2 is 2.05 bits per heavy atom. The van der Waals surface area contributed by atoms with Gasteiger partial charge < -0.3 is 9.73 Å². The van der Waals surface area contributed by atoms with E-state index in [1.807, 2.05) is 18.2 Å². The molecule has 3 rings (SSSR count). The van der Waals surface area contributed by atoms with Crippen LogP contribution in [0.2, 0.25) is 0 Å². The summed E-state index contributed by atoms with van der Waals surface area (Å²) in [7, 11) is 0. The second-order valence-corrected chi connectivity index (χ2v) is 6.48. The van der Waals surface area contributed by atoms with E-state index in [4.69, 9.17) is 4.42 Å². The molecule has 1 unspecified atom stereocenters. The van der Waals surface area contributed by atoms with Crippen molar-refractivity contribution in [1.82, 2.24) is 10.3 Å². The molecule has 0 radical (unpaired) electrons. The van der Waals surface area contributed by atoms with Crippen LogP contribution < -0.4 is 11.1 Å². The number of hydrogen-bond donors (Lipinski definition) is 2. The van der Waals surface area contributed by atoms with E-state index in [0.29, 0.717) is 11.1 Å². The van der Waals surface area contributed by atoms with Crippen LogP contribution in [-0.2, 0) is 4.79 Å². The molecular weight excluding hydrogens is 280 g/mol. The number of H-pyrrole nitrogens is 1. The van der Waals surface area contributed by atoms with Crippen molar-refractivity contribution in [3.8, 4) is 0 Å². The number of carbonyl (C=O) groups excluding carboxylic acids is 1. The van der Waals surface area contributed by atoms with Crippen LogP contribution in [0.15, 0.2) is 27.4 Å². The predicted octanol–water partition coefficient (Wildman–Crippen LogP) is 3.12. The number of nitrogens with one attached hydrogen (secondary N) is 2. The first kappa shape index (κ1) is 14.9. The van der Waals surface area contributed by atoms with Gasteiger partial charge in [-0.2, -0.15) is 0 Å². The van der Waals surface area contributed by atoms with Crippen LogP contribution in [0, 0.1) is 11.8 Å². The molecule has 1 heterocycles. The topological polar surface area (TPSA) is 75.1 Å². The second kappa shape index (κ2) is 5.99. The number of aromatic amines is 1. The number of hydrogen-bond acceptors (Lipinski definition) is 3. The first-order valence-electron chi connectivity index (χ1n) is 7.98. The van der Waals surface area contributed by atoms with Crippen LogP contribution in [0.25, 0.3) is 11.1 Å². The van der Waals surface area contributed by atoms with Crippen LogP contribution in [0.5, 0.6) is 0 Å². The number of rotatable bonds is 4. The molecule has 0 spiro atoms. The first-order valence-corrected chi connectivity index (χ1v) is 7.98. The Morgan fingerprint density at radius 3 is 2.73 bits per heavy atom. The van der Waals surface area contributed by atoms with Crippen LogP contribution in [0.1, 0.15) is 51.1 Å². The van der Waals surface area contributed by atoms with Gasteiger partial charge in [0.2, 0.25) is 5.91 Å². The summed E-state index contributed by atoms with van der Waals surface area (Å²) < 4.78 is 5.12. The summed E-state index contributed by atoms with van der Waals surface area (Å²) in [4.78, 5) is 26.3. The van der Waals surface area contributed by atoms with Crippen molar-refractivity contribution in [3.63, 3.8) is 0 Å². The van der Waals surface area contributed by atoms with E-state index in [1.54, 1.807) is 0 Å². The van der Waals surface area contributed by atoms with Crippen LogP contribution in [0.4, 0.5) is 0 Å². The zero-order valence-electron chi connectivity index (χ0n) is 13.0. The van der Waals surface area contributed by atoms with Gasteiger partial charge in [-0.25, -0.2) is 4.79 Å². The molecule has 1 amide bonds. The number of fused-ring (bicyclic) bond motifs is 1. The zero-order valence-corrected chi connectivity index (χ0v) is 13.0. The van der Waals surface area contributed by atoms with E-state index in [1.165, 1.54) is 0 Å². The second-order valence-electron chi connectivity index (χ2n) is 6.48. The van der Waals surface area contributed by atoms with Crippen molar-refractivity contribution in [3.05, 3.63) is 34.3 Å². The summed E-state index contributed by atoms with van der Waals surface area (Å²) in [5.41, 5.74) is 2.18. The minimum absolute atomic E-state index is 0.0716. The van der Waals surface area contributed by atoms with Gasteiger partial charge in [-0.3, -0.25) is 9.78 Å². The molecule has 0 saturated heterocycles. The lowest BCUT2D eigenvalue weighted by Crippen LogP contribution is -2.35. The van der Waals surface area contributed by atoms with E-state index >= 15 is 0 Å². The van der Waals surface area contributed by atoms with Crippen molar-refractivity contribution in [1.29, 1.82) is 0 Å². The molecule has 118 valence electrons. The summed E-state index contributed by atoms with van der Waals surface area (Å²) in [5, 5.41) is 3.18. The fourth-order valence-corrected chi connectivity index (χ4v) is 3.25. The standard InChI is InChI=1S/C17H22N2O3/c1-10(2)15(19-16(20)11-5-3-4-6-11)12-7-8-13-14(9-12)22-17(21)18-13/h7-11,15H,3-6H2,1-2H3,(H,18,21)(H,19,20). The van der Waals surface area contributed by atoms with E-state index in [0.717, 1.165) is 31.2 Å². The summed E-state index contributed by atoms with van der Waals surface area (Å²) in [6.07, 6.45) is 4.26.